The van der Waals surface area contributed by atoms with Gasteiger partial charge in [-0.25, -0.2) is 9.78 Å². The first-order valence-corrected chi connectivity index (χ1v) is 6.81. The molecule has 1 aliphatic heterocycles. The van der Waals surface area contributed by atoms with Gasteiger partial charge in [0.15, 0.2) is 0 Å². The Hall–Kier alpha value is -1.89. The summed E-state index contributed by atoms with van der Waals surface area (Å²) in [6, 6.07) is -1.26. The SMILES string of the molecule is CC1CCCNC1C(=O)NC(Cc1cnc[nH]1)C(=O)O. The molecule has 7 heteroatoms. The Kier molecular flexibility index (Phi) is 4.73. The molecule has 0 aliphatic carbocycles. The fourth-order valence-corrected chi connectivity index (χ4v) is 2.48. The third-order valence-corrected chi connectivity index (χ3v) is 3.65. The summed E-state index contributed by atoms with van der Waals surface area (Å²) >= 11 is 0. The second kappa shape index (κ2) is 6.51. The Morgan fingerprint density at radius 1 is 1.60 bits per heavy atom. The summed E-state index contributed by atoms with van der Waals surface area (Å²) in [5, 5.41) is 15.0. The molecule has 0 bridgehead atoms. The van der Waals surface area contributed by atoms with Gasteiger partial charge in [0.05, 0.1) is 12.4 Å². The van der Waals surface area contributed by atoms with E-state index in [9.17, 15) is 14.7 Å². The summed E-state index contributed by atoms with van der Waals surface area (Å²) in [5.41, 5.74) is 0.683. The number of aromatic amines is 1. The molecule has 0 aromatic carbocycles. The molecule has 3 unspecified atom stereocenters. The van der Waals surface area contributed by atoms with E-state index in [1.165, 1.54) is 6.33 Å². The van der Waals surface area contributed by atoms with E-state index in [1.807, 2.05) is 6.92 Å². The first-order chi connectivity index (χ1) is 9.58. The second-order valence-corrected chi connectivity index (χ2v) is 5.23. The van der Waals surface area contributed by atoms with Crippen LogP contribution in [0.25, 0.3) is 0 Å². The zero-order chi connectivity index (χ0) is 14.5. The van der Waals surface area contributed by atoms with Crippen molar-refractivity contribution in [2.75, 3.05) is 6.54 Å². The fraction of sp³-hybridized carbons (Fsp3) is 0.615. The quantitative estimate of drug-likeness (QED) is 0.603. The number of carbonyl (C=O) groups is 2. The highest BCUT2D eigenvalue weighted by Crippen LogP contribution is 2.15. The summed E-state index contributed by atoms with van der Waals surface area (Å²) in [4.78, 5) is 30.1. The van der Waals surface area contributed by atoms with Crippen molar-refractivity contribution in [1.29, 1.82) is 0 Å². The lowest BCUT2D eigenvalue weighted by molar-refractivity contribution is -0.142. The number of aromatic nitrogens is 2. The maximum absolute atomic E-state index is 12.2. The second-order valence-electron chi connectivity index (χ2n) is 5.23. The van der Waals surface area contributed by atoms with E-state index in [4.69, 9.17) is 0 Å². The number of nitrogens with zero attached hydrogens (tertiary/aromatic N) is 1. The van der Waals surface area contributed by atoms with Gasteiger partial charge in [-0.3, -0.25) is 4.79 Å². The van der Waals surface area contributed by atoms with Crippen molar-refractivity contribution < 1.29 is 14.7 Å². The van der Waals surface area contributed by atoms with Crippen molar-refractivity contribution in [3.8, 4) is 0 Å². The number of aliphatic carboxylic acids is 1. The molecule has 7 nitrogen and oxygen atoms in total. The monoisotopic (exact) mass is 280 g/mol. The number of imidazole rings is 1. The van der Waals surface area contributed by atoms with E-state index in [-0.39, 0.29) is 24.3 Å². The summed E-state index contributed by atoms with van der Waals surface area (Å²) in [6.07, 6.45) is 5.26. The molecule has 4 N–H and O–H groups in total. The molecule has 1 aromatic heterocycles. The molecule has 0 saturated carbocycles. The lowest BCUT2D eigenvalue weighted by atomic mass is 9.92. The Balaban J connectivity index is 1.96. The van der Waals surface area contributed by atoms with E-state index in [0.29, 0.717) is 5.69 Å². The van der Waals surface area contributed by atoms with Gasteiger partial charge in [0.1, 0.15) is 6.04 Å². The highest BCUT2D eigenvalue weighted by molar-refractivity contribution is 5.87. The van der Waals surface area contributed by atoms with Gasteiger partial charge in [-0.1, -0.05) is 6.92 Å². The van der Waals surface area contributed by atoms with E-state index in [1.54, 1.807) is 6.20 Å². The summed E-state index contributed by atoms with van der Waals surface area (Å²) in [5.74, 6) is -1.08. The van der Waals surface area contributed by atoms with E-state index < -0.39 is 12.0 Å². The average molecular weight is 280 g/mol. The Morgan fingerprint density at radius 3 is 3.00 bits per heavy atom. The summed E-state index contributed by atoms with van der Waals surface area (Å²) in [7, 11) is 0. The lowest BCUT2D eigenvalue weighted by Gasteiger charge is -2.30. The molecule has 3 atom stereocenters. The van der Waals surface area contributed by atoms with Crippen LogP contribution in [-0.4, -0.2) is 45.6 Å². The molecule has 1 aromatic rings. The van der Waals surface area contributed by atoms with Crippen LogP contribution in [0.4, 0.5) is 0 Å². The van der Waals surface area contributed by atoms with E-state index in [0.717, 1.165) is 19.4 Å². The number of carbonyl (C=O) groups excluding carboxylic acids is 1. The predicted octanol–water partition coefficient (Wildman–Crippen LogP) is -0.0903. The summed E-state index contributed by atoms with van der Waals surface area (Å²) in [6.45, 7) is 2.79. The van der Waals surface area contributed by atoms with Gasteiger partial charge in [0.2, 0.25) is 5.91 Å². The molecular weight excluding hydrogens is 260 g/mol. The van der Waals surface area contributed by atoms with Gasteiger partial charge in [-0.2, -0.15) is 0 Å². The Labute approximate surface area is 117 Å². The van der Waals surface area contributed by atoms with Gasteiger partial charge < -0.3 is 20.7 Å². The number of carboxylic acids is 1. The van der Waals surface area contributed by atoms with Crippen molar-refractivity contribution in [3.05, 3.63) is 18.2 Å². The number of nitrogens with one attached hydrogen (secondary N) is 3. The average Bonchev–Trinajstić information content (AvgIpc) is 2.91. The fourth-order valence-electron chi connectivity index (χ4n) is 2.48. The zero-order valence-electron chi connectivity index (χ0n) is 11.4. The molecule has 2 heterocycles. The minimum Gasteiger partial charge on any atom is -0.480 e. The van der Waals surface area contributed by atoms with E-state index >= 15 is 0 Å². The Bertz CT molecular complexity index is 460. The largest absolute Gasteiger partial charge is 0.480 e. The number of carboxylic acid groups (broad SMARTS) is 1. The molecule has 0 radical (unpaired) electrons. The molecular formula is C13H20N4O3. The summed E-state index contributed by atoms with van der Waals surface area (Å²) < 4.78 is 0. The van der Waals surface area contributed by atoms with Gasteiger partial charge in [0.25, 0.3) is 0 Å². The first kappa shape index (κ1) is 14.5. The molecule has 20 heavy (non-hydrogen) atoms. The predicted molar refractivity (Wildman–Crippen MR) is 72.0 cm³/mol. The number of rotatable bonds is 5. The zero-order valence-corrected chi connectivity index (χ0v) is 11.4. The minimum absolute atomic E-state index is 0.197. The van der Waals surface area contributed by atoms with Crippen LogP contribution in [0.3, 0.4) is 0 Å². The van der Waals surface area contributed by atoms with Crippen LogP contribution in [0.2, 0.25) is 0 Å². The van der Waals surface area contributed by atoms with Crippen LogP contribution in [-0.2, 0) is 16.0 Å². The first-order valence-electron chi connectivity index (χ1n) is 6.81. The molecule has 1 saturated heterocycles. The number of hydrogen-bond acceptors (Lipinski definition) is 4. The lowest BCUT2D eigenvalue weighted by Crippen LogP contribution is -2.55. The molecule has 2 rings (SSSR count). The Morgan fingerprint density at radius 2 is 2.40 bits per heavy atom. The maximum atomic E-state index is 12.2. The van der Waals surface area contributed by atoms with Crippen molar-refractivity contribution in [1.82, 2.24) is 20.6 Å². The standard InChI is InChI=1S/C13H20N4O3/c1-8-3-2-4-15-11(8)12(18)17-10(13(19)20)5-9-6-14-7-16-9/h6-8,10-11,15H,2-5H2,1H3,(H,14,16)(H,17,18)(H,19,20). The van der Waals surface area contributed by atoms with Crippen LogP contribution in [0.15, 0.2) is 12.5 Å². The maximum Gasteiger partial charge on any atom is 0.326 e. The third kappa shape index (κ3) is 3.57. The van der Waals surface area contributed by atoms with Crippen molar-refractivity contribution in [2.24, 2.45) is 5.92 Å². The molecule has 1 fully saturated rings. The van der Waals surface area contributed by atoms with Crippen molar-refractivity contribution >= 4 is 11.9 Å². The van der Waals surface area contributed by atoms with Crippen molar-refractivity contribution in [3.63, 3.8) is 0 Å². The molecule has 1 aliphatic rings. The minimum atomic E-state index is -1.04. The van der Waals surface area contributed by atoms with Gasteiger partial charge in [0, 0.05) is 18.3 Å². The number of hydrogen-bond donors (Lipinski definition) is 4. The van der Waals surface area contributed by atoms with Crippen LogP contribution in [0.1, 0.15) is 25.5 Å². The highest BCUT2D eigenvalue weighted by atomic mass is 16.4. The normalized spacial score (nSPS) is 24.1. The number of H-pyrrole nitrogens is 1. The van der Waals surface area contributed by atoms with Crippen LogP contribution >= 0.6 is 0 Å². The van der Waals surface area contributed by atoms with Gasteiger partial charge >= 0.3 is 5.97 Å². The number of amides is 1. The van der Waals surface area contributed by atoms with Crippen LogP contribution < -0.4 is 10.6 Å². The smallest absolute Gasteiger partial charge is 0.326 e. The topological polar surface area (TPSA) is 107 Å². The van der Waals surface area contributed by atoms with Gasteiger partial charge in [-0.05, 0) is 25.3 Å². The highest BCUT2D eigenvalue weighted by Gasteiger charge is 2.30. The number of piperidine rings is 1. The van der Waals surface area contributed by atoms with Crippen LogP contribution in [0.5, 0.6) is 0 Å². The molecule has 0 spiro atoms. The van der Waals surface area contributed by atoms with E-state index in [2.05, 4.69) is 20.6 Å². The van der Waals surface area contributed by atoms with Crippen LogP contribution in [0, 0.1) is 5.92 Å². The molecule has 110 valence electrons. The molecule has 1 amide bonds. The van der Waals surface area contributed by atoms with Gasteiger partial charge in [-0.15, -0.1) is 0 Å². The van der Waals surface area contributed by atoms with Crippen molar-refractivity contribution in [2.45, 2.75) is 38.3 Å². The third-order valence-electron chi connectivity index (χ3n) is 3.65.